The molecule has 0 spiro atoms. The second kappa shape index (κ2) is 11.9. The van der Waals surface area contributed by atoms with Gasteiger partial charge in [-0.1, -0.05) is 43.2 Å². The first-order valence-electron chi connectivity index (χ1n) is 9.67. The molecule has 0 aliphatic carbocycles. The fourth-order valence-electron chi connectivity index (χ4n) is 2.91. The molecule has 2 nitrogen and oxygen atoms in total. The lowest BCUT2D eigenvalue weighted by Gasteiger charge is -2.23. The standard InChI is InChI=1S/C23H36O2/c1-5-7-9-12-20(3)13-11-16-23(4,24)19-21-14-10-15-22(18-21)25-17-8-6-2/h5,10,12,14-15,18,24H,1,6-9,11,13,16-17,19H2,2-4H3. The van der Waals surface area contributed by atoms with E-state index in [4.69, 9.17) is 4.74 Å². The molecule has 25 heavy (non-hydrogen) atoms. The topological polar surface area (TPSA) is 29.5 Å². The Morgan fingerprint density at radius 3 is 2.80 bits per heavy atom. The molecule has 0 aliphatic rings. The van der Waals surface area contributed by atoms with Crippen molar-refractivity contribution in [2.45, 2.75) is 77.7 Å². The molecule has 1 atom stereocenters. The van der Waals surface area contributed by atoms with E-state index in [2.05, 4.69) is 38.6 Å². The molecule has 2 heteroatoms. The van der Waals surface area contributed by atoms with Gasteiger partial charge in [0.1, 0.15) is 5.75 Å². The van der Waals surface area contributed by atoms with Crippen LogP contribution < -0.4 is 4.74 Å². The predicted octanol–water partition coefficient (Wildman–Crippen LogP) is 6.24. The van der Waals surface area contributed by atoms with E-state index >= 15 is 0 Å². The molecule has 0 aliphatic heterocycles. The summed E-state index contributed by atoms with van der Waals surface area (Å²) in [7, 11) is 0. The van der Waals surface area contributed by atoms with Gasteiger partial charge in [0.15, 0.2) is 0 Å². The van der Waals surface area contributed by atoms with Crippen LogP contribution in [0.5, 0.6) is 5.75 Å². The average Bonchev–Trinajstić information content (AvgIpc) is 2.55. The lowest BCUT2D eigenvalue weighted by Crippen LogP contribution is -2.27. The second-order valence-electron chi connectivity index (χ2n) is 7.29. The van der Waals surface area contributed by atoms with Crippen molar-refractivity contribution in [3.63, 3.8) is 0 Å². The summed E-state index contributed by atoms with van der Waals surface area (Å²) < 4.78 is 5.76. The number of hydrogen-bond donors (Lipinski definition) is 1. The third-order valence-corrected chi connectivity index (χ3v) is 4.40. The molecule has 0 saturated carbocycles. The summed E-state index contributed by atoms with van der Waals surface area (Å²) in [6.45, 7) is 10.8. The van der Waals surface area contributed by atoms with Gasteiger partial charge >= 0.3 is 0 Å². The Bertz CT molecular complexity index is 529. The Morgan fingerprint density at radius 1 is 1.28 bits per heavy atom. The number of rotatable bonds is 13. The van der Waals surface area contributed by atoms with E-state index in [0.29, 0.717) is 6.42 Å². The highest BCUT2D eigenvalue weighted by molar-refractivity contribution is 5.29. The van der Waals surface area contributed by atoms with Gasteiger partial charge in [-0.3, -0.25) is 0 Å². The van der Waals surface area contributed by atoms with Gasteiger partial charge in [0.2, 0.25) is 0 Å². The first kappa shape index (κ1) is 21.5. The minimum absolute atomic E-state index is 0.664. The Kier molecular flexibility index (Phi) is 10.3. The first-order valence-corrected chi connectivity index (χ1v) is 9.67. The Hall–Kier alpha value is -1.54. The second-order valence-corrected chi connectivity index (χ2v) is 7.29. The average molecular weight is 345 g/mol. The Labute approximate surface area is 154 Å². The van der Waals surface area contributed by atoms with Crippen molar-refractivity contribution in [1.82, 2.24) is 0 Å². The molecular formula is C23H36O2. The minimum Gasteiger partial charge on any atom is -0.494 e. The van der Waals surface area contributed by atoms with Crippen LogP contribution in [0.25, 0.3) is 0 Å². The summed E-state index contributed by atoms with van der Waals surface area (Å²) in [6.07, 6.45) is 12.1. The third-order valence-electron chi connectivity index (χ3n) is 4.40. The van der Waals surface area contributed by atoms with Gasteiger partial charge in [0.25, 0.3) is 0 Å². The monoisotopic (exact) mass is 344 g/mol. The summed E-state index contributed by atoms with van der Waals surface area (Å²) in [6, 6.07) is 8.14. The van der Waals surface area contributed by atoms with E-state index in [-0.39, 0.29) is 0 Å². The van der Waals surface area contributed by atoms with Crippen LogP contribution in [0.2, 0.25) is 0 Å². The Morgan fingerprint density at radius 2 is 2.08 bits per heavy atom. The maximum absolute atomic E-state index is 10.7. The zero-order valence-corrected chi connectivity index (χ0v) is 16.4. The van der Waals surface area contributed by atoms with Crippen molar-refractivity contribution < 1.29 is 9.84 Å². The maximum Gasteiger partial charge on any atom is 0.119 e. The van der Waals surface area contributed by atoms with Crippen molar-refractivity contribution in [3.05, 3.63) is 54.1 Å². The lowest BCUT2D eigenvalue weighted by atomic mass is 9.90. The normalized spacial score (nSPS) is 14.2. The van der Waals surface area contributed by atoms with E-state index in [9.17, 15) is 5.11 Å². The highest BCUT2D eigenvalue weighted by Gasteiger charge is 2.20. The molecule has 0 radical (unpaired) electrons. The van der Waals surface area contributed by atoms with Crippen LogP contribution in [-0.2, 0) is 6.42 Å². The highest BCUT2D eigenvalue weighted by atomic mass is 16.5. The smallest absolute Gasteiger partial charge is 0.119 e. The summed E-state index contributed by atoms with van der Waals surface area (Å²) in [5.41, 5.74) is 1.87. The van der Waals surface area contributed by atoms with Crippen molar-refractivity contribution >= 4 is 0 Å². The van der Waals surface area contributed by atoms with Gasteiger partial charge in [0, 0.05) is 6.42 Å². The summed E-state index contributed by atoms with van der Waals surface area (Å²) >= 11 is 0. The molecule has 1 aromatic carbocycles. The molecule has 1 aromatic rings. The van der Waals surface area contributed by atoms with E-state index in [1.165, 1.54) is 5.57 Å². The molecule has 0 saturated heterocycles. The van der Waals surface area contributed by atoms with Crippen LogP contribution >= 0.6 is 0 Å². The van der Waals surface area contributed by atoms with Crippen molar-refractivity contribution in [2.75, 3.05) is 6.61 Å². The van der Waals surface area contributed by atoms with Crippen molar-refractivity contribution in [3.8, 4) is 5.75 Å². The SMILES string of the molecule is C=CCCC=C(C)CCCC(C)(O)Cc1cccc(OCCCC)c1. The number of unbranched alkanes of at least 4 members (excludes halogenated alkanes) is 2. The van der Waals surface area contributed by atoms with Gasteiger partial charge in [-0.15, -0.1) is 6.58 Å². The van der Waals surface area contributed by atoms with Gasteiger partial charge in [-0.2, -0.15) is 0 Å². The molecule has 1 rings (SSSR count). The van der Waals surface area contributed by atoms with Gasteiger partial charge in [-0.25, -0.2) is 0 Å². The Balaban J connectivity index is 2.44. The van der Waals surface area contributed by atoms with E-state index < -0.39 is 5.60 Å². The van der Waals surface area contributed by atoms with Crippen LogP contribution in [0.3, 0.4) is 0 Å². The zero-order chi connectivity index (χ0) is 18.5. The van der Waals surface area contributed by atoms with Gasteiger partial charge in [-0.05, 0) is 70.1 Å². The fourth-order valence-corrected chi connectivity index (χ4v) is 2.91. The highest BCUT2D eigenvalue weighted by Crippen LogP contribution is 2.23. The molecule has 0 amide bonds. The van der Waals surface area contributed by atoms with Gasteiger partial charge < -0.3 is 9.84 Å². The van der Waals surface area contributed by atoms with Crippen LogP contribution in [0.1, 0.15) is 71.3 Å². The summed E-state index contributed by atoms with van der Waals surface area (Å²) in [5.74, 6) is 0.905. The molecular weight excluding hydrogens is 308 g/mol. The van der Waals surface area contributed by atoms with E-state index in [1.807, 2.05) is 25.1 Å². The number of hydrogen-bond acceptors (Lipinski definition) is 2. The van der Waals surface area contributed by atoms with Gasteiger partial charge in [0.05, 0.1) is 12.2 Å². The first-order chi connectivity index (χ1) is 12.0. The molecule has 140 valence electrons. The molecule has 0 bridgehead atoms. The quantitative estimate of drug-likeness (QED) is 0.339. The third kappa shape index (κ3) is 10.1. The van der Waals surface area contributed by atoms with Crippen molar-refractivity contribution in [2.24, 2.45) is 0 Å². The molecule has 0 aromatic heterocycles. The lowest BCUT2D eigenvalue weighted by molar-refractivity contribution is 0.0492. The fraction of sp³-hybridized carbons (Fsp3) is 0.565. The zero-order valence-electron chi connectivity index (χ0n) is 16.4. The minimum atomic E-state index is -0.677. The molecule has 1 unspecified atom stereocenters. The van der Waals surface area contributed by atoms with Crippen LogP contribution in [-0.4, -0.2) is 17.3 Å². The molecule has 0 heterocycles. The summed E-state index contributed by atoms with van der Waals surface area (Å²) in [5, 5.41) is 10.7. The van der Waals surface area contributed by atoms with Crippen LogP contribution in [0, 0.1) is 0 Å². The number of ether oxygens (including phenoxy) is 1. The molecule has 0 fully saturated rings. The predicted molar refractivity (Wildman–Crippen MR) is 108 cm³/mol. The van der Waals surface area contributed by atoms with E-state index in [0.717, 1.165) is 62.9 Å². The number of benzene rings is 1. The summed E-state index contributed by atoms with van der Waals surface area (Å²) in [4.78, 5) is 0. The van der Waals surface area contributed by atoms with Crippen LogP contribution in [0.4, 0.5) is 0 Å². The van der Waals surface area contributed by atoms with Crippen molar-refractivity contribution in [1.29, 1.82) is 0 Å². The number of allylic oxidation sites excluding steroid dienone is 3. The van der Waals surface area contributed by atoms with E-state index in [1.54, 1.807) is 0 Å². The number of aliphatic hydroxyl groups is 1. The van der Waals surface area contributed by atoms with Crippen LogP contribution in [0.15, 0.2) is 48.6 Å². The maximum atomic E-state index is 10.7. The molecule has 1 N–H and O–H groups in total. The largest absolute Gasteiger partial charge is 0.494 e.